The molecule has 21 heavy (non-hydrogen) atoms. The van der Waals surface area contributed by atoms with Crippen molar-refractivity contribution < 1.29 is 12.8 Å². The molecule has 0 aromatic carbocycles. The Bertz CT molecular complexity index is 535. The van der Waals surface area contributed by atoms with Crippen molar-refractivity contribution in [1.29, 1.82) is 0 Å². The Balaban J connectivity index is 2.96. The SMILES string of the molecule is CCCNCc1cc(S(=O)(=O)N(CC)CC(C)C)c(C)o1. The number of nitrogens with one attached hydrogen (secondary N) is 1. The van der Waals surface area contributed by atoms with Gasteiger partial charge in [-0.05, 0) is 25.8 Å². The van der Waals surface area contributed by atoms with Crippen LogP contribution in [0.5, 0.6) is 0 Å². The van der Waals surface area contributed by atoms with Gasteiger partial charge in [-0.1, -0.05) is 27.7 Å². The van der Waals surface area contributed by atoms with Crippen molar-refractivity contribution in [1.82, 2.24) is 9.62 Å². The van der Waals surface area contributed by atoms with Gasteiger partial charge in [-0.3, -0.25) is 0 Å². The molecule has 1 aromatic heterocycles. The van der Waals surface area contributed by atoms with Gasteiger partial charge in [0.15, 0.2) is 0 Å². The molecule has 0 saturated carbocycles. The molecule has 6 heteroatoms. The summed E-state index contributed by atoms with van der Waals surface area (Å²) >= 11 is 0. The molecule has 0 aliphatic heterocycles. The Morgan fingerprint density at radius 1 is 1.33 bits per heavy atom. The van der Waals surface area contributed by atoms with Crippen LogP contribution in [0.15, 0.2) is 15.4 Å². The lowest BCUT2D eigenvalue weighted by Crippen LogP contribution is -2.34. The Hall–Kier alpha value is -0.850. The lowest BCUT2D eigenvalue weighted by molar-refractivity contribution is 0.379. The highest BCUT2D eigenvalue weighted by atomic mass is 32.2. The summed E-state index contributed by atoms with van der Waals surface area (Å²) in [6, 6.07) is 1.65. The summed E-state index contributed by atoms with van der Waals surface area (Å²) in [6.45, 7) is 12.1. The van der Waals surface area contributed by atoms with Crippen molar-refractivity contribution >= 4 is 10.0 Å². The van der Waals surface area contributed by atoms with E-state index < -0.39 is 10.0 Å². The van der Waals surface area contributed by atoms with E-state index in [1.165, 1.54) is 4.31 Å². The van der Waals surface area contributed by atoms with E-state index in [4.69, 9.17) is 4.42 Å². The first kappa shape index (κ1) is 18.2. The second-order valence-corrected chi connectivity index (χ2v) is 7.57. The first-order valence-corrected chi connectivity index (χ1v) is 9.07. The molecular formula is C15H28N2O3S. The second kappa shape index (κ2) is 7.96. The van der Waals surface area contributed by atoms with Crippen molar-refractivity contribution in [3.05, 3.63) is 17.6 Å². The fourth-order valence-electron chi connectivity index (χ4n) is 2.20. The van der Waals surface area contributed by atoms with E-state index in [1.54, 1.807) is 13.0 Å². The molecule has 0 aliphatic carbocycles. The standard InChI is InChI=1S/C15H28N2O3S/c1-6-8-16-10-14-9-15(13(5)20-14)21(18,19)17(7-2)11-12(3)4/h9,12,16H,6-8,10-11H2,1-5H3. The molecule has 5 nitrogen and oxygen atoms in total. The third kappa shape index (κ3) is 4.83. The summed E-state index contributed by atoms with van der Waals surface area (Å²) in [6.07, 6.45) is 1.03. The minimum Gasteiger partial charge on any atom is -0.464 e. The van der Waals surface area contributed by atoms with E-state index in [0.29, 0.717) is 36.1 Å². The number of nitrogens with zero attached hydrogens (tertiary/aromatic N) is 1. The average molecular weight is 316 g/mol. The zero-order valence-corrected chi connectivity index (χ0v) is 14.6. The van der Waals surface area contributed by atoms with Gasteiger partial charge < -0.3 is 9.73 Å². The van der Waals surface area contributed by atoms with Crippen molar-refractivity contribution in [2.24, 2.45) is 5.92 Å². The van der Waals surface area contributed by atoms with Crippen LogP contribution in [-0.4, -0.2) is 32.4 Å². The van der Waals surface area contributed by atoms with E-state index >= 15 is 0 Å². The largest absolute Gasteiger partial charge is 0.464 e. The van der Waals surface area contributed by atoms with E-state index in [-0.39, 0.29) is 5.92 Å². The summed E-state index contributed by atoms with van der Waals surface area (Å²) in [7, 11) is -3.47. The zero-order valence-electron chi connectivity index (χ0n) is 13.8. The van der Waals surface area contributed by atoms with Crippen LogP contribution in [-0.2, 0) is 16.6 Å². The van der Waals surface area contributed by atoms with Gasteiger partial charge in [-0.2, -0.15) is 4.31 Å². The minimum absolute atomic E-state index is 0.289. The van der Waals surface area contributed by atoms with Crippen molar-refractivity contribution in [3.63, 3.8) is 0 Å². The molecule has 1 N–H and O–H groups in total. The van der Waals surface area contributed by atoms with Crippen LogP contribution in [0, 0.1) is 12.8 Å². The molecule has 122 valence electrons. The van der Waals surface area contributed by atoms with Crippen LogP contribution in [0.3, 0.4) is 0 Å². The molecule has 1 aromatic rings. The first-order chi connectivity index (χ1) is 9.82. The maximum Gasteiger partial charge on any atom is 0.246 e. The monoisotopic (exact) mass is 316 g/mol. The van der Waals surface area contributed by atoms with E-state index in [0.717, 1.165) is 13.0 Å². The normalized spacial score (nSPS) is 12.5. The minimum atomic E-state index is -3.47. The van der Waals surface area contributed by atoms with E-state index in [1.807, 2.05) is 20.8 Å². The topological polar surface area (TPSA) is 62.6 Å². The van der Waals surface area contributed by atoms with Gasteiger partial charge in [0.2, 0.25) is 10.0 Å². The van der Waals surface area contributed by atoms with Crippen molar-refractivity contribution in [2.45, 2.75) is 52.5 Å². The molecule has 0 aliphatic rings. The fourth-order valence-corrected chi connectivity index (χ4v) is 4.00. The van der Waals surface area contributed by atoms with Crippen LogP contribution in [0.2, 0.25) is 0 Å². The number of sulfonamides is 1. The van der Waals surface area contributed by atoms with Gasteiger partial charge in [0.25, 0.3) is 0 Å². The number of aryl methyl sites for hydroxylation is 1. The molecule has 1 rings (SSSR count). The number of hydrogen-bond acceptors (Lipinski definition) is 4. The van der Waals surface area contributed by atoms with Crippen LogP contribution in [0.1, 0.15) is 45.6 Å². The predicted octanol–water partition coefficient (Wildman–Crippen LogP) is 2.75. The second-order valence-electron chi connectivity index (χ2n) is 5.66. The van der Waals surface area contributed by atoms with E-state index in [9.17, 15) is 8.42 Å². The molecule has 1 heterocycles. The van der Waals surface area contributed by atoms with Crippen LogP contribution in [0.4, 0.5) is 0 Å². The highest BCUT2D eigenvalue weighted by Gasteiger charge is 2.28. The summed E-state index contributed by atoms with van der Waals surface area (Å²) in [4.78, 5) is 0.290. The van der Waals surface area contributed by atoms with Crippen LogP contribution >= 0.6 is 0 Å². The van der Waals surface area contributed by atoms with Gasteiger partial charge in [-0.15, -0.1) is 0 Å². The molecule has 0 amide bonds. The third-order valence-corrected chi connectivity index (χ3v) is 5.24. The van der Waals surface area contributed by atoms with E-state index in [2.05, 4.69) is 12.2 Å². The highest BCUT2D eigenvalue weighted by molar-refractivity contribution is 7.89. The summed E-state index contributed by atoms with van der Waals surface area (Å²) < 4.78 is 32.5. The van der Waals surface area contributed by atoms with Crippen molar-refractivity contribution in [2.75, 3.05) is 19.6 Å². The number of furan rings is 1. The van der Waals surface area contributed by atoms with Gasteiger partial charge in [-0.25, -0.2) is 8.42 Å². The van der Waals surface area contributed by atoms with Gasteiger partial charge >= 0.3 is 0 Å². The molecule has 0 spiro atoms. The Kier molecular flexibility index (Phi) is 6.90. The maximum absolute atomic E-state index is 12.7. The number of hydrogen-bond donors (Lipinski definition) is 1. The third-order valence-electron chi connectivity index (χ3n) is 3.19. The average Bonchev–Trinajstić information content (AvgIpc) is 2.78. The molecule has 0 unspecified atom stereocenters. The fraction of sp³-hybridized carbons (Fsp3) is 0.733. The predicted molar refractivity (Wildman–Crippen MR) is 84.7 cm³/mol. The smallest absolute Gasteiger partial charge is 0.246 e. The summed E-state index contributed by atoms with van der Waals surface area (Å²) in [5, 5.41) is 3.22. The van der Waals surface area contributed by atoms with Gasteiger partial charge in [0.1, 0.15) is 16.4 Å². The molecule has 0 atom stereocenters. The van der Waals surface area contributed by atoms with Crippen LogP contribution < -0.4 is 5.32 Å². The highest BCUT2D eigenvalue weighted by Crippen LogP contribution is 2.24. The maximum atomic E-state index is 12.7. The molecule has 0 fully saturated rings. The molecule has 0 bridgehead atoms. The van der Waals surface area contributed by atoms with Crippen LogP contribution in [0.25, 0.3) is 0 Å². The lowest BCUT2D eigenvalue weighted by Gasteiger charge is -2.21. The Labute approximate surface area is 128 Å². The van der Waals surface area contributed by atoms with Crippen molar-refractivity contribution in [3.8, 4) is 0 Å². The summed E-state index contributed by atoms with van der Waals surface area (Å²) in [5.74, 6) is 1.42. The Morgan fingerprint density at radius 2 is 2.00 bits per heavy atom. The zero-order chi connectivity index (χ0) is 16.0. The van der Waals surface area contributed by atoms with Gasteiger partial charge in [0.05, 0.1) is 6.54 Å². The quantitative estimate of drug-likeness (QED) is 0.712. The molecular weight excluding hydrogens is 288 g/mol. The Morgan fingerprint density at radius 3 is 2.52 bits per heavy atom. The number of rotatable bonds is 9. The van der Waals surface area contributed by atoms with Gasteiger partial charge in [0, 0.05) is 19.2 Å². The summed E-state index contributed by atoms with van der Waals surface area (Å²) in [5.41, 5.74) is 0. The lowest BCUT2D eigenvalue weighted by atomic mass is 10.2. The molecule has 0 radical (unpaired) electrons. The first-order valence-electron chi connectivity index (χ1n) is 7.63. The molecule has 0 saturated heterocycles.